The number of thiophene rings is 1. The van der Waals surface area contributed by atoms with Gasteiger partial charge in [-0.15, -0.1) is 11.3 Å². The molecule has 0 spiro atoms. The first kappa shape index (κ1) is 22.6. The van der Waals surface area contributed by atoms with Crippen LogP contribution in [0.15, 0.2) is 14.5 Å². The molecule has 2 rings (SSSR count). The van der Waals surface area contributed by atoms with Crippen molar-refractivity contribution in [2.75, 3.05) is 13.2 Å². The summed E-state index contributed by atoms with van der Waals surface area (Å²) in [5.41, 5.74) is 0.413. The lowest BCUT2D eigenvalue weighted by atomic mass is 10.0. The summed E-state index contributed by atoms with van der Waals surface area (Å²) in [6.07, 6.45) is 1.11. The lowest BCUT2D eigenvalue weighted by Gasteiger charge is -2.30. The molecule has 2 atom stereocenters. The Bertz CT molecular complexity index is 849. The van der Waals surface area contributed by atoms with E-state index in [0.717, 1.165) is 6.42 Å². The van der Waals surface area contributed by atoms with E-state index in [1.54, 1.807) is 0 Å². The van der Waals surface area contributed by atoms with Gasteiger partial charge in [-0.1, -0.05) is 13.8 Å². The smallest absolute Gasteiger partial charge is 0.247 e. The highest BCUT2D eigenvalue weighted by Crippen LogP contribution is 2.43. The number of rotatable bonds is 9. The van der Waals surface area contributed by atoms with Crippen LogP contribution >= 0.6 is 11.3 Å². The Hall–Kier alpha value is -0.640. The van der Waals surface area contributed by atoms with Crippen LogP contribution in [-0.4, -0.2) is 51.0 Å². The van der Waals surface area contributed by atoms with Crippen LogP contribution in [0.2, 0.25) is 0 Å². The fourth-order valence-corrected chi connectivity index (χ4v) is 7.60. The molecular weight excluding hydrogens is 418 g/mol. The number of nitrogens with one attached hydrogen (secondary N) is 1. The highest BCUT2D eigenvalue weighted by molar-refractivity contribution is 7.95. The van der Waals surface area contributed by atoms with E-state index in [2.05, 4.69) is 24.0 Å². The predicted molar refractivity (Wildman–Crippen MR) is 97.5 cm³/mol. The van der Waals surface area contributed by atoms with Gasteiger partial charge < -0.3 is 5.32 Å². The van der Waals surface area contributed by atoms with Crippen molar-refractivity contribution in [2.45, 2.75) is 52.8 Å². The van der Waals surface area contributed by atoms with Crippen molar-refractivity contribution in [1.82, 2.24) is 10.7 Å². The molecule has 13 heteroatoms. The molecule has 0 aliphatic carbocycles. The number of fused-ring (bicyclic) bond motifs is 1. The molecular formula is C14H25N3O7S3. The largest absolute Gasteiger partial charge is 0.310 e. The van der Waals surface area contributed by atoms with Crippen molar-refractivity contribution < 1.29 is 32.1 Å². The summed E-state index contributed by atoms with van der Waals surface area (Å²) in [4.78, 5) is 4.48. The van der Waals surface area contributed by atoms with Gasteiger partial charge in [0.05, 0.1) is 17.2 Å². The molecule has 2 heterocycles. The van der Waals surface area contributed by atoms with Crippen LogP contribution in [0.4, 0.5) is 0 Å². The summed E-state index contributed by atoms with van der Waals surface area (Å²) >= 11 is 0.645. The molecule has 0 aromatic carbocycles. The van der Waals surface area contributed by atoms with E-state index in [4.69, 9.17) is 15.6 Å². The van der Waals surface area contributed by atoms with E-state index in [0.29, 0.717) is 29.4 Å². The van der Waals surface area contributed by atoms with Crippen LogP contribution in [-0.2, 0) is 24.7 Å². The summed E-state index contributed by atoms with van der Waals surface area (Å²) in [5.74, 6) is 0.455. The Morgan fingerprint density at radius 1 is 1.44 bits per heavy atom. The van der Waals surface area contributed by atoms with Crippen molar-refractivity contribution >= 4 is 31.2 Å². The maximum atomic E-state index is 12.9. The minimum atomic E-state index is -4.02. The summed E-state index contributed by atoms with van der Waals surface area (Å²) in [6.45, 7) is 4.56. The first-order valence-electron chi connectivity index (χ1n) is 8.37. The Kier molecular flexibility index (Phi) is 7.38. The maximum absolute atomic E-state index is 12.9. The molecule has 0 saturated carbocycles. The zero-order valence-electron chi connectivity index (χ0n) is 15.0. The molecule has 0 radical (unpaired) electrons. The van der Waals surface area contributed by atoms with Crippen molar-refractivity contribution in [2.24, 2.45) is 11.1 Å². The summed E-state index contributed by atoms with van der Waals surface area (Å²) in [7, 11) is -7.82. The molecule has 1 aromatic rings. The molecule has 2 unspecified atom stereocenters. The van der Waals surface area contributed by atoms with Gasteiger partial charge in [-0.05, 0) is 37.8 Å². The fraction of sp³-hybridized carbons (Fsp3) is 0.714. The van der Waals surface area contributed by atoms with E-state index in [-0.39, 0.29) is 33.9 Å². The van der Waals surface area contributed by atoms with Gasteiger partial charge in [0.2, 0.25) is 10.0 Å². The quantitative estimate of drug-likeness (QED) is 0.409. The highest BCUT2D eigenvalue weighted by Gasteiger charge is 2.41. The van der Waals surface area contributed by atoms with E-state index in [9.17, 15) is 16.8 Å². The second kappa shape index (κ2) is 8.80. The minimum absolute atomic E-state index is 0.0182. The van der Waals surface area contributed by atoms with Gasteiger partial charge in [-0.2, -0.15) is 0 Å². The molecule has 0 amide bonds. The number of hydrogen-bond donors (Lipinski definition) is 4. The molecule has 0 bridgehead atoms. The second-order valence-corrected chi connectivity index (χ2v) is 12.1. The highest BCUT2D eigenvalue weighted by atomic mass is 32.3. The molecule has 5 N–H and O–H groups in total. The SMILES string of the molecule is CC(C)CCNC1CC(CCON(O)O)S(=O)(=O)c2sc(S(N)(=O)=O)cc21. The average Bonchev–Trinajstić information content (AvgIpc) is 2.97. The molecule has 27 heavy (non-hydrogen) atoms. The van der Waals surface area contributed by atoms with Gasteiger partial charge in [0.1, 0.15) is 8.42 Å². The van der Waals surface area contributed by atoms with Crippen molar-refractivity contribution in [3.05, 3.63) is 11.6 Å². The molecule has 1 aliphatic rings. The summed E-state index contributed by atoms with van der Waals surface area (Å²) in [6, 6.07) is 0.980. The van der Waals surface area contributed by atoms with Gasteiger partial charge >= 0.3 is 0 Å². The average molecular weight is 444 g/mol. The van der Waals surface area contributed by atoms with E-state index >= 15 is 0 Å². The number of primary sulfonamides is 1. The summed E-state index contributed by atoms with van der Waals surface area (Å²) in [5, 5.41) is 24.4. The standard InChI is InChI=1S/C14H25N3O7S3/c1-9(2)3-5-16-12-7-10(4-6-24-17(18)19)26(20,21)14-11(12)8-13(25-14)27(15,22)23/h8-10,12,16,18-19H,3-7H2,1-2H3,(H2,15,22,23). The maximum Gasteiger partial charge on any atom is 0.247 e. The number of hydrogen-bond acceptors (Lipinski definition) is 10. The molecule has 1 aliphatic heterocycles. The van der Waals surface area contributed by atoms with Crippen LogP contribution in [0.25, 0.3) is 0 Å². The van der Waals surface area contributed by atoms with Crippen LogP contribution < -0.4 is 10.5 Å². The number of nitrogens with two attached hydrogens (primary N) is 1. The summed E-state index contributed by atoms with van der Waals surface area (Å²) < 4.78 is 49.0. The molecule has 0 fully saturated rings. The predicted octanol–water partition coefficient (Wildman–Crippen LogP) is 1.02. The topological polar surface area (TPSA) is 159 Å². The lowest BCUT2D eigenvalue weighted by Crippen LogP contribution is -2.36. The molecule has 0 saturated heterocycles. The van der Waals surface area contributed by atoms with Gasteiger partial charge in [0.15, 0.2) is 9.84 Å². The molecule has 156 valence electrons. The Morgan fingerprint density at radius 2 is 2.11 bits per heavy atom. The Morgan fingerprint density at radius 3 is 2.67 bits per heavy atom. The van der Waals surface area contributed by atoms with E-state index < -0.39 is 30.5 Å². The van der Waals surface area contributed by atoms with Gasteiger partial charge in [-0.25, -0.2) is 22.0 Å². The third-order valence-electron chi connectivity index (χ3n) is 4.31. The van der Waals surface area contributed by atoms with Crippen molar-refractivity contribution in [1.29, 1.82) is 0 Å². The van der Waals surface area contributed by atoms with Crippen LogP contribution in [0.3, 0.4) is 0 Å². The molecule has 10 nitrogen and oxygen atoms in total. The van der Waals surface area contributed by atoms with Crippen LogP contribution in [0.1, 0.15) is 44.7 Å². The number of sulfone groups is 1. The van der Waals surface area contributed by atoms with Gasteiger partial charge in [0, 0.05) is 11.6 Å². The fourth-order valence-electron chi connectivity index (χ4n) is 2.92. The zero-order chi connectivity index (χ0) is 20.4. The van der Waals surface area contributed by atoms with E-state index in [1.165, 1.54) is 6.07 Å². The van der Waals surface area contributed by atoms with Gasteiger partial charge in [0.25, 0.3) is 0 Å². The van der Waals surface area contributed by atoms with Gasteiger partial charge in [-0.3, -0.25) is 15.3 Å². The molecule has 1 aromatic heterocycles. The first-order chi connectivity index (χ1) is 12.4. The monoisotopic (exact) mass is 443 g/mol. The van der Waals surface area contributed by atoms with Crippen LogP contribution in [0.5, 0.6) is 0 Å². The number of nitrogens with zero attached hydrogens (tertiary/aromatic N) is 1. The third-order valence-corrected chi connectivity index (χ3v) is 9.68. The number of sulfonamides is 1. The van der Waals surface area contributed by atoms with Crippen molar-refractivity contribution in [3.63, 3.8) is 0 Å². The zero-order valence-corrected chi connectivity index (χ0v) is 17.5. The first-order valence-corrected chi connectivity index (χ1v) is 12.3. The van der Waals surface area contributed by atoms with Crippen molar-refractivity contribution in [3.8, 4) is 0 Å². The Balaban J connectivity index is 2.33. The van der Waals surface area contributed by atoms with Crippen LogP contribution in [0, 0.1) is 5.92 Å². The minimum Gasteiger partial charge on any atom is -0.310 e. The van der Waals surface area contributed by atoms with E-state index in [1.807, 2.05) is 0 Å². The lowest BCUT2D eigenvalue weighted by molar-refractivity contribution is -0.492. The Labute approximate surface area is 162 Å². The third kappa shape index (κ3) is 5.68. The normalized spacial score (nSPS) is 22.3. The second-order valence-electron chi connectivity index (χ2n) is 6.82.